The second-order valence-corrected chi connectivity index (χ2v) is 5.03. The van der Waals surface area contributed by atoms with Crippen LogP contribution in [0.5, 0.6) is 11.5 Å². The van der Waals surface area contributed by atoms with Crippen molar-refractivity contribution in [3.8, 4) is 11.5 Å². The first-order valence-electron chi connectivity index (χ1n) is 6.16. The van der Waals surface area contributed by atoms with Gasteiger partial charge in [0.2, 0.25) is 0 Å². The summed E-state index contributed by atoms with van der Waals surface area (Å²) in [6.45, 7) is 1.35. The Morgan fingerprint density at radius 1 is 1.21 bits per heavy atom. The number of hydrogen-bond acceptors (Lipinski definition) is 3. The fourth-order valence-corrected chi connectivity index (χ4v) is 2.34. The Labute approximate surface area is 116 Å². The van der Waals surface area contributed by atoms with Crippen LogP contribution < -0.4 is 10.1 Å². The van der Waals surface area contributed by atoms with Gasteiger partial charge in [-0.05, 0) is 29.8 Å². The molecule has 2 aromatic rings. The van der Waals surface area contributed by atoms with E-state index < -0.39 is 0 Å². The standard InChI is InChI=1S/C15H14ClNO2/c16-11-3-1-10(2-4-11)8-17-14-9-19-15-7-12(18)5-6-13(14)15/h1-7,14,17-18H,8-9H2. The van der Waals surface area contributed by atoms with Crippen molar-refractivity contribution in [2.24, 2.45) is 0 Å². The van der Waals surface area contributed by atoms with Crippen LogP contribution in [-0.4, -0.2) is 11.7 Å². The van der Waals surface area contributed by atoms with Gasteiger partial charge in [-0.2, -0.15) is 0 Å². The lowest BCUT2D eigenvalue weighted by atomic mass is 10.1. The number of halogens is 1. The summed E-state index contributed by atoms with van der Waals surface area (Å²) in [6, 6.07) is 13.2. The quantitative estimate of drug-likeness (QED) is 0.903. The van der Waals surface area contributed by atoms with Gasteiger partial charge in [0.25, 0.3) is 0 Å². The molecule has 0 spiro atoms. The fourth-order valence-electron chi connectivity index (χ4n) is 2.21. The van der Waals surface area contributed by atoms with Crippen LogP contribution >= 0.6 is 11.6 Å². The first-order valence-corrected chi connectivity index (χ1v) is 6.54. The maximum atomic E-state index is 9.40. The predicted octanol–water partition coefficient (Wildman–Crippen LogP) is 3.27. The summed E-state index contributed by atoms with van der Waals surface area (Å²) in [6.07, 6.45) is 0. The molecule has 1 aliphatic heterocycles. The Kier molecular flexibility index (Phi) is 3.32. The van der Waals surface area contributed by atoms with Crippen LogP contribution in [0.4, 0.5) is 0 Å². The van der Waals surface area contributed by atoms with E-state index in [9.17, 15) is 5.11 Å². The summed E-state index contributed by atoms with van der Waals surface area (Å²) >= 11 is 5.86. The molecule has 0 aromatic heterocycles. The Balaban J connectivity index is 1.68. The van der Waals surface area contributed by atoms with E-state index in [1.807, 2.05) is 30.3 Å². The van der Waals surface area contributed by atoms with Crippen LogP contribution in [0.15, 0.2) is 42.5 Å². The van der Waals surface area contributed by atoms with E-state index in [1.54, 1.807) is 12.1 Å². The minimum absolute atomic E-state index is 0.159. The zero-order valence-electron chi connectivity index (χ0n) is 10.3. The lowest BCUT2D eigenvalue weighted by molar-refractivity contribution is 0.309. The van der Waals surface area contributed by atoms with Gasteiger partial charge in [-0.15, -0.1) is 0 Å². The second kappa shape index (κ2) is 5.11. The zero-order valence-corrected chi connectivity index (χ0v) is 11.0. The van der Waals surface area contributed by atoms with Gasteiger partial charge in [-0.1, -0.05) is 23.7 Å². The molecule has 3 rings (SSSR count). The smallest absolute Gasteiger partial charge is 0.127 e. The number of phenolic OH excluding ortho intramolecular Hbond substituents is 1. The topological polar surface area (TPSA) is 41.5 Å². The van der Waals surface area contributed by atoms with Gasteiger partial charge >= 0.3 is 0 Å². The Hall–Kier alpha value is -1.71. The average Bonchev–Trinajstić information content (AvgIpc) is 2.80. The number of rotatable bonds is 3. The van der Waals surface area contributed by atoms with E-state index in [4.69, 9.17) is 16.3 Å². The van der Waals surface area contributed by atoms with Crippen LogP contribution in [0, 0.1) is 0 Å². The maximum Gasteiger partial charge on any atom is 0.127 e. The molecule has 4 heteroatoms. The molecule has 1 unspecified atom stereocenters. The van der Waals surface area contributed by atoms with Crippen molar-refractivity contribution in [3.63, 3.8) is 0 Å². The molecule has 2 aromatic carbocycles. The van der Waals surface area contributed by atoms with Crippen LogP contribution in [0.2, 0.25) is 5.02 Å². The number of ether oxygens (including phenoxy) is 1. The first kappa shape index (κ1) is 12.3. The van der Waals surface area contributed by atoms with Gasteiger partial charge in [-0.3, -0.25) is 0 Å². The molecular formula is C15H14ClNO2. The molecule has 0 amide bonds. The second-order valence-electron chi connectivity index (χ2n) is 4.59. The van der Waals surface area contributed by atoms with E-state index in [1.165, 1.54) is 5.56 Å². The van der Waals surface area contributed by atoms with E-state index in [0.717, 1.165) is 22.9 Å². The van der Waals surface area contributed by atoms with E-state index in [0.29, 0.717) is 6.61 Å². The van der Waals surface area contributed by atoms with Crippen LogP contribution in [0.1, 0.15) is 17.2 Å². The van der Waals surface area contributed by atoms with E-state index in [2.05, 4.69) is 5.32 Å². The Bertz CT molecular complexity index is 583. The molecule has 19 heavy (non-hydrogen) atoms. The minimum atomic E-state index is 0.159. The van der Waals surface area contributed by atoms with Crippen molar-refractivity contribution in [1.29, 1.82) is 0 Å². The van der Waals surface area contributed by atoms with E-state index >= 15 is 0 Å². The molecule has 98 valence electrons. The molecule has 2 N–H and O–H groups in total. The number of fused-ring (bicyclic) bond motifs is 1. The van der Waals surface area contributed by atoms with Gasteiger partial charge in [0.1, 0.15) is 18.1 Å². The Morgan fingerprint density at radius 2 is 2.00 bits per heavy atom. The number of phenols is 1. The van der Waals surface area contributed by atoms with Gasteiger partial charge in [-0.25, -0.2) is 0 Å². The molecule has 0 radical (unpaired) electrons. The summed E-state index contributed by atoms with van der Waals surface area (Å²) in [5, 5.41) is 13.6. The summed E-state index contributed by atoms with van der Waals surface area (Å²) in [5.41, 5.74) is 2.27. The van der Waals surface area contributed by atoms with Crippen molar-refractivity contribution < 1.29 is 9.84 Å². The number of aromatic hydroxyl groups is 1. The number of nitrogens with one attached hydrogen (secondary N) is 1. The summed E-state index contributed by atoms with van der Waals surface area (Å²) in [4.78, 5) is 0. The molecule has 0 fully saturated rings. The van der Waals surface area contributed by atoms with Crippen molar-refractivity contribution in [2.45, 2.75) is 12.6 Å². The highest BCUT2D eigenvalue weighted by molar-refractivity contribution is 6.30. The monoisotopic (exact) mass is 275 g/mol. The lowest BCUT2D eigenvalue weighted by Gasteiger charge is -2.11. The average molecular weight is 276 g/mol. The molecule has 3 nitrogen and oxygen atoms in total. The minimum Gasteiger partial charge on any atom is -0.508 e. The molecule has 0 saturated heterocycles. The summed E-state index contributed by atoms with van der Waals surface area (Å²) < 4.78 is 5.56. The third kappa shape index (κ3) is 2.67. The van der Waals surface area contributed by atoms with Crippen molar-refractivity contribution in [3.05, 3.63) is 58.6 Å². The molecule has 1 heterocycles. The van der Waals surface area contributed by atoms with Crippen LogP contribution in [0.25, 0.3) is 0 Å². The third-order valence-corrected chi connectivity index (χ3v) is 3.50. The Morgan fingerprint density at radius 3 is 2.79 bits per heavy atom. The molecule has 1 aliphatic rings. The number of hydrogen-bond donors (Lipinski definition) is 2. The third-order valence-electron chi connectivity index (χ3n) is 3.24. The SMILES string of the molecule is Oc1ccc2c(c1)OCC2NCc1ccc(Cl)cc1. The van der Waals surface area contributed by atoms with Crippen molar-refractivity contribution >= 4 is 11.6 Å². The highest BCUT2D eigenvalue weighted by atomic mass is 35.5. The van der Waals surface area contributed by atoms with Gasteiger partial charge < -0.3 is 15.2 Å². The molecule has 0 saturated carbocycles. The summed E-state index contributed by atoms with van der Waals surface area (Å²) in [7, 11) is 0. The molecule has 1 atom stereocenters. The zero-order chi connectivity index (χ0) is 13.2. The van der Waals surface area contributed by atoms with Crippen molar-refractivity contribution in [2.75, 3.05) is 6.61 Å². The van der Waals surface area contributed by atoms with Gasteiger partial charge in [0.15, 0.2) is 0 Å². The highest BCUT2D eigenvalue weighted by Gasteiger charge is 2.23. The number of benzene rings is 2. The van der Waals surface area contributed by atoms with E-state index in [-0.39, 0.29) is 11.8 Å². The largest absolute Gasteiger partial charge is 0.508 e. The summed E-state index contributed by atoms with van der Waals surface area (Å²) in [5.74, 6) is 0.991. The maximum absolute atomic E-state index is 9.40. The van der Waals surface area contributed by atoms with Crippen LogP contribution in [0.3, 0.4) is 0 Å². The predicted molar refractivity (Wildman–Crippen MR) is 74.6 cm³/mol. The van der Waals surface area contributed by atoms with Gasteiger partial charge in [0, 0.05) is 23.2 Å². The van der Waals surface area contributed by atoms with Crippen molar-refractivity contribution in [1.82, 2.24) is 5.32 Å². The first-order chi connectivity index (χ1) is 9.22. The highest BCUT2D eigenvalue weighted by Crippen LogP contribution is 2.34. The molecular weight excluding hydrogens is 262 g/mol. The fraction of sp³-hybridized carbons (Fsp3) is 0.200. The van der Waals surface area contributed by atoms with Gasteiger partial charge in [0.05, 0.1) is 6.04 Å². The molecule has 0 bridgehead atoms. The lowest BCUT2D eigenvalue weighted by Crippen LogP contribution is -2.21. The van der Waals surface area contributed by atoms with Crippen LogP contribution in [-0.2, 0) is 6.54 Å². The molecule has 0 aliphatic carbocycles. The normalized spacial score (nSPS) is 17.0.